The Bertz CT molecular complexity index is 249. The number of carbonyl (C=O) groups excluding carboxylic acids is 2. The van der Waals surface area contributed by atoms with E-state index < -0.39 is 0 Å². The van der Waals surface area contributed by atoms with Crippen LogP contribution in [0.4, 0.5) is 0 Å². The summed E-state index contributed by atoms with van der Waals surface area (Å²) in [6.45, 7) is 12.2. The molecule has 1 saturated heterocycles. The number of ether oxygens (including phenoxy) is 1. The van der Waals surface area contributed by atoms with Crippen LogP contribution in [0, 0.1) is 0 Å². The molecule has 100 valence electrons. The smallest absolute Gasteiger partial charge is 0.293 e. The third-order valence-corrected chi connectivity index (χ3v) is 2.23. The van der Waals surface area contributed by atoms with Gasteiger partial charge in [0.05, 0.1) is 6.54 Å². The fraction of sp³-hybridized carbons (Fsp3) is 0.833. The first-order chi connectivity index (χ1) is 7.80. The topological polar surface area (TPSA) is 58.6 Å². The summed E-state index contributed by atoms with van der Waals surface area (Å²) in [5.74, 6) is 0.223. The van der Waals surface area contributed by atoms with Crippen LogP contribution in [0.3, 0.4) is 0 Å². The van der Waals surface area contributed by atoms with E-state index in [0.29, 0.717) is 19.1 Å². The number of amides is 1. The number of hydrogen-bond acceptors (Lipinski definition) is 4. The Kier molecular flexibility index (Phi) is 6.80. The van der Waals surface area contributed by atoms with Crippen LogP contribution < -0.4 is 5.32 Å². The lowest BCUT2D eigenvalue weighted by Gasteiger charge is -2.30. The monoisotopic (exact) mass is 244 g/mol. The van der Waals surface area contributed by atoms with Gasteiger partial charge in [-0.15, -0.1) is 0 Å². The molecule has 1 atom stereocenters. The molecular formula is C12H24N2O3. The molecule has 5 heteroatoms. The van der Waals surface area contributed by atoms with Gasteiger partial charge in [0.1, 0.15) is 5.60 Å². The van der Waals surface area contributed by atoms with E-state index >= 15 is 0 Å². The first kappa shape index (κ1) is 15.9. The van der Waals surface area contributed by atoms with Crippen molar-refractivity contribution < 1.29 is 14.3 Å². The average molecular weight is 244 g/mol. The lowest BCUT2D eigenvalue weighted by atomic mass is 10.2. The number of piperazine rings is 1. The van der Waals surface area contributed by atoms with Gasteiger partial charge in [-0.3, -0.25) is 9.59 Å². The standard InChI is InChI=1S/C7H14N2O.C5H10O2/c1-3-9-5-6(2)8-4-7(9)10;1-5(2,3)7-4-6/h6,8H,3-5H2,1-2H3;4H,1-3H3/t6-;/m0./s1. The summed E-state index contributed by atoms with van der Waals surface area (Å²) in [6.07, 6.45) is 0. The number of rotatable bonds is 2. The van der Waals surface area contributed by atoms with Gasteiger partial charge in [0, 0.05) is 19.1 Å². The van der Waals surface area contributed by atoms with E-state index in [-0.39, 0.29) is 11.5 Å². The van der Waals surface area contributed by atoms with Crippen molar-refractivity contribution >= 4 is 12.4 Å². The van der Waals surface area contributed by atoms with Gasteiger partial charge in [0.15, 0.2) is 0 Å². The predicted molar refractivity (Wildman–Crippen MR) is 66.6 cm³/mol. The molecule has 0 radical (unpaired) electrons. The summed E-state index contributed by atoms with van der Waals surface area (Å²) in [5.41, 5.74) is -0.318. The molecule has 0 spiro atoms. The predicted octanol–water partition coefficient (Wildman–Crippen LogP) is 0.785. The van der Waals surface area contributed by atoms with Gasteiger partial charge in [0.25, 0.3) is 6.47 Å². The molecular weight excluding hydrogens is 220 g/mol. The Morgan fingerprint density at radius 3 is 2.41 bits per heavy atom. The normalized spacial score (nSPS) is 20.4. The molecule has 1 aliphatic rings. The van der Waals surface area contributed by atoms with Crippen LogP contribution in [0.25, 0.3) is 0 Å². The lowest BCUT2D eigenvalue weighted by molar-refractivity contribution is -0.138. The minimum Gasteiger partial charge on any atom is -0.462 e. The summed E-state index contributed by atoms with van der Waals surface area (Å²) in [5, 5.41) is 3.10. The fourth-order valence-electron chi connectivity index (χ4n) is 1.32. The van der Waals surface area contributed by atoms with Crippen LogP contribution in [0.15, 0.2) is 0 Å². The van der Waals surface area contributed by atoms with E-state index in [1.807, 2.05) is 32.6 Å². The largest absolute Gasteiger partial charge is 0.462 e. The van der Waals surface area contributed by atoms with Crippen molar-refractivity contribution in [3.05, 3.63) is 0 Å². The lowest BCUT2D eigenvalue weighted by Crippen LogP contribution is -2.52. The van der Waals surface area contributed by atoms with Crippen molar-refractivity contribution in [2.24, 2.45) is 0 Å². The maximum Gasteiger partial charge on any atom is 0.293 e. The zero-order valence-electron chi connectivity index (χ0n) is 11.4. The zero-order valence-corrected chi connectivity index (χ0v) is 11.4. The molecule has 1 amide bonds. The highest BCUT2D eigenvalue weighted by Gasteiger charge is 2.19. The Labute approximate surface area is 103 Å². The summed E-state index contributed by atoms with van der Waals surface area (Å²) in [4.78, 5) is 22.5. The van der Waals surface area contributed by atoms with Crippen LogP contribution in [-0.4, -0.2) is 48.6 Å². The van der Waals surface area contributed by atoms with Gasteiger partial charge in [-0.2, -0.15) is 0 Å². The van der Waals surface area contributed by atoms with E-state index in [1.54, 1.807) is 0 Å². The summed E-state index contributed by atoms with van der Waals surface area (Å²) < 4.78 is 4.55. The molecule has 1 fully saturated rings. The molecule has 1 N–H and O–H groups in total. The second-order valence-corrected chi connectivity index (χ2v) is 5.04. The number of hydrogen-bond donors (Lipinski definition) is 1. The van der Waals surface area contributed by atoms with Gasteiger partial charge < -0.3 is 15.0 Å². The minimum absolute atomic E-state index is 0.223. The molecule has 0 bridgehead atoms. The van der Waals surface area contributed by atoms with E-state index in [0.717, 1.165) is 13.1 Å². The maximum absolute atomic E-state index is 11.0. The second-order valence-electron chi connectivity index (χ2n) is 5.04. The summed E-state index contributed by atoms with van der Waals surface area (Å²) >= 11 is 0. The Morgan fingerprint density at radius 2 is 2.12 bits per heavy atom. The molecule has 0 saturated carbocycles. The molecule has 0 aromatic rings. The summed E-state index contributed by atoms with van der Waals surface area (Å²) in [6, 6.07) is 0.456. The van der Waals surface area contributed by atoms with Crippen LogP contribution in [0.1, 0.15) is 34.6 Å². The number of nitrogens with one attached hydrogen (secondary N) is 1. The summed E-state index contributed by atoms with van der Waals surface area (Å²) in [7, 11) is 0. The Balaban J connectivity index is 0.000000325. The van der Waals surface area contributed by atoms with Gasteiger partial charge >= 0.3 is 0 Å². The first-order valence-electron chi connectivity index (χ1n) is 5.92. The minimum atomic E-state index is -0.318. The highest BCUT2D eigenvalue weighted by atomic mass is 16.5. The van der Waals surface area contributed by atoms with Crippen LogP contribution in [0.2, 0.25) is 0 Å². The molecule has 1 aliphatic heterocycles. The number of likely N-dealkylation sites (N-methyl/N-ethyl adjacent to an activating group) is 1. The van der Waals surface area contributed by atoms with Crippen molar-refractivity contribution in [2.45, 2.75) is 46.3 Å². The van der Waals surface area contributed by atoms with Crippen LogP contribution in [0.5, 0.6) is 0 Å². The van der Waals surface area contributed by atoms with Crippen LogP contribution in [-0.2, 0) is 14.3 Å². The van der Waals surface area contributed by atoms with Gasteiger partial charge in [0.2, 0.25) is 5.91 Å². The van der Waals surface area contributed by atoms with Crippen molar-refractivity contribution in [2.75, 3.05) is 19.6 Å². The van der Waals surface area contributed by atoms with E-state index in [9.17, 15) is 9.59 Å². The fourth-order valence-corrected chi connectivity index (χ4v) is 1.32. The first-order valence-corrected chi connectivity index (χ1v) is 5.92. The maximum atomic E-state index is 11.0. The average Bonchev–Trinajstić information content (AvgIpc) is 2.21. The third kappa shape index (κ3) is 7.74. The number of nitrogens with zero attached hydrogens (tertiary/aromatic N) is 1. The SMILES string of the molecule is CC(C)(C)OC=O.CCN1C[C@H](C)NCC1=O. The molecule has 0 aliphatic carbocycles. The molecule has 0 aromatic heterocycles. The van der Waals surface area contributed by atoms with Crippen molar-refractivity contribution in [1.82, 2.24) is 10.2 Å². The van der Waals surface area contributed by atoms with Gasteiger partial charge in [-0.25, -0.2) is 0 Å². The molecule has 0 unspecified atom stereocenters. The van der Waals surface area contributed by atoms with Crippen molar-refractivity contribution in [3.63, 3.8) is 0 Å². The molecule has 5 nitrogen and oxygen atoms in total. The Hall–Kier alpha value is -1.10. The second kappa shape index (κ2) is 7.27. The Morgan fingerprint density at radius 1 is 1.53 bits per heavy atom. The van der Waals surface area contributed by atoms with Crippen molar-refractivity contribution in [3.8, 4) is 0 Å². The quantitative estimate of drug-likeness (QED) is 0.729. The highest BCUT2D eigenvalue weighted by molar-refractivity contribution is 5.79. The number of carbonyl (C=O) groups is 2. The molecule has 17 heavy (non-hydrogen) atoms. The zero-order chi connectivity index (χ0) is 13.5. The van der Waals surface area contributed by atoms with E-state index in [1.165, 1.54) is 0 Å². The molecule has 0 aromatic carbocycles. The van der Waals surface area contributed by atoms with E-state index in [2.05, 4.69) is 17.0 Å². The third-order valence-electron chi connectivity index (χ3n) is 2.23. The van der Waals surface area contributed by atoms with Crippen LogP contribution >= 0.6 is 0 Å². The van der Waals surface area contributed by atoms with Crippen molar-refractivity contribution in [1.29, 1.82) is 0 Å². The molecule has 1 heterocycles. The van der Waals surface area contributed by atoms with Gasteiger partial charge in [-0.1, -0.05) is 0 Å². The van der Waals surface area contributed by atoms with Gasteiger partial charge in [-0.05, 0) is 34.6 Å². The van der Waals surface area contributed by atoms with E-state index in [4.69, 9.17) is 0 Å². The highest BCUT2D eigenvalue weighted by Crippen LogP contribution is 2.02. The molecule has 1 rings (SSSR count).